The van der Waals surface area contributed by atoms with Crippen LogP contribution in [0.25, 0.3) is 0 Å². The Morgan fingerprint density at radius 3 is 2.41 bits per heavy atom. The van der Waals surface area contributed by atoms with Crippen molar-refractivity contribution < 1.29 is 13.2 Å². The van der Waals surface area contributed by atoms with E-state index in [2.05, 4.69) is 20.3 Å². The summed E-state index contributed by atoms with van der Waals surface area (Å²) >= 11 is 4.43. The topological polar surface area (TPSA) is 70.1 Å². The maximum absolute atomic E-state index is 12.9. The fraction of sp³-hybridized carbons (Fsp3) is 0.444. The van der Waals surface area contributed by atoms with Crippen molar-refractivity contribution in [2.24, 2.45) is 4.40 Å². The maximum Gasteiger partial charge on any atom is 0.284 e. The predicted octanol–water partition coefficient (Wildman–Crippen LogP) is 3.80. The van der Waals surface area contributed by atoms with Crippen LogP contribution in [0.1, 0.15) is 32.1 Å². The number of amides is 1. The highest BCUT2D eigenvalue weighted by Crippen LogP contribution is 2.37. The van der Waals surface area contributed by atoms with Gasteiger partial charge < -0.3 is 4.90 Å². The van der Waals surface area contributed by atoms with E-state index in [0.717, 1.165) is 48.3 Å². The van der Waals surface area contributed by atoms with Gasteiger partial charge in [-0.3, -0.25) is 9.69 Å². The number of thioether (sulfide) groups is 1. The van der Waals surface area contributed by atoms with E-state index >= 15 is 0 Å². The molecule has 1 heterocycles. The van der Waals surface area contributed by atoms with Gasteiger partial charge in [-0.1, -0.05) is 35.2 Å². The van der Waals surface area contributed by atoms with Crippen molar-refractivity contribution in [2.45, 2.75) is 43.0 Å². The molecule has 0 N–H and O–H groups in total. The molecule has 0 radical (unpaired) electrons. The van der Waals surface area contributed by atoms with E-state index in [1.54, 1.807) is 28.1 Å². The molecule has 0 aromatic heterocycles. The number of benzene rings is 1. The molecule has 1 aliphatic carbocycles. The van der Waals surface area contributed by atoms with Crippen molar-refractivity contribution in [1.29, 1.82) is 0 Å². The molecule has 0 unspecified atom stereocenters. The lowest BCUT2D eigenvalue weighted by Crippen LogP contribution is -2.40. The second-order valence-electron chi connectivity index (χ2n) is 6.83. The van der Waals surface area contributed by atoms with E-state index in [1.807, 2.05) is 14.1 Å². The Hall–Kier alpha value is -1.32. The van der Waals surface area contributed by atoms with Gasteiger partial charge in [0.2, 0.25) is 0 Å². The van der Waals surface area contributed by atoms with E-state index in [-0.39, 0.29) is 22.0 Å². The number of carbonyl (C=O) groups excluding carboxylic acids is 1. The number of hydrogen-bond donors (Lipinski definition) is 0. The summed E-state index contributed by atoms with van der Waals surface area (Å²) in [5, 5.41) is 0.253. The first-order valence-corrected chi connectivity index (χ1v) is 11.8. The van der Waals surface area contributed by atoms with Crippen LogP contribution in [0.15, 0.2) is 49.1 Å². The van der Waals surface area contributed by atoms with Gasteiger partial charge in [0.1, 0.15) is 0 Å². The average Bonchev–Trinajstić information content (AvgIpc) is 2.90. The molecule has 0 spiro atoms. The molecule has 2 fully saturated rings. The Morgan fingerprint density at radius 1 is 1.19 bits per heavy atom. The van der Waals surface area contributed by atoms with E-state index in [1.165, 1.54) is 12.1 Å². The minimum absolute atomic E-state index is 0.00526. The van der Waals surface area contributed by atoms with Crippen LogP contribution in [0.5, 0.6) is 0 Å². The molecule has 9 heteroatoms. The predicted molar refractivity (Wildman–Crippen MR) is 112 cm³/mol. The minimum atomic E-state index is -3.90. The van der Waals surface area contributed by atoms with E-state index in [9.17, 15) is 13.2 Å². The summed E-state index contributed by atoms with van der Waals surface area (Å²) in [4.78, 5) is 16.9. The first-order chi connectivity index (χ1) is 12.8. The van der Waals surface area contributed by atoms with Crippen molar-refractivity contribution >= 4 is 48.8 Å². The van der Waals surface area contributed by atoms with Crippen LogP contribution in [0.3, 0.4) is 0 Å². The van der Waals surface area contributed by atoms with Crippen LogP contribution in [0.4, 0.5) is 0 Å². The number of halogens is 1. The molecule has 1 aromatic carbocycles. The quantitative estimate of drug-likeness (QED) is 0.624. The third-order valence-corrected chi connectivity index (χ3v) is 7.36. The van der Waals surface area contributed by atoms with E-state index in [4.69, 9.17) is 0 Å². The zero-order valence-electron chi connectivity index (χ0n) is 15.3. The average molecular weight is 472 g/mol. The summed E-state index contributed by atoms with van der Waals surface area (Å²) in [5.41, 5.74) is 0. The zero-order valence-corrected chi connectivity index (χ0v) is 18.5. The Kier molecular flexibility index (Phi) is 6.32. The van der Waals surface area contributed by atoms with Gasteiger partial charge in [-0.15, -0.1) is 4.40 Å². The highest BCUT2D eigenvalue weighted by atomic mass is 79.9. The molecule has 1 amide bonds. The molecule has 1 saturated heterocycles. The van der Waals surface area contributed by atoms with Crippen LogP contribution >= 0.6 is 27.7 Å². The number of sulfonamides is 1. The van der Waals surface area contributed by atoms with Crippen LogP contribution in [0, 0.1) is 0 Å². The normalized spacial score (nSPS) is 22.0. The molecular formula is C18H22BrN3O3S2. The van der Waals surface area contributed by atoms with Crippen LogP contribution in [-0.2, 0) is 14.8 Å². The van der Waals surface area contributed by atoms with Gasteiger partial charge in [0, 0.05) is 30.8 Å². The van der Waals surface area contributed by atoms with Gasteiger partial charge in [-0.2, -0.15) is 8.42 Å². The standard InChI is InChI=1S/C18H22BrN3O3S2/c1-21(2)12-16-17(23)22(14-6-4-3-5-7-14)18(26-16)20-27(24,25)15-10-8-13(19)9-11-15/h8-12,14H,3-7H2,1-2H3/b16-12+,20-18-. The summed E-state index contributed by atoms with van der Waals surface area (Å²) < 4.78 is 30.4. The van der Waals surface area contributed by atoms with E-state index < -0.39 is 10.0 Å². The Balaban J connectivity index is 1.99. The van der Waals surface area contributed by atoms with Crippen molar-refractivity contribution in [3.8, 4) is 0 Å². The van der Waals surface area contributed by atoms with Gasteiger partial charge in [-0.25, -0.2) is 0 Å². The monoisotopic (exact) mass is 471 g/mol. The minimum Gasteiger partial charge on any atom is -0.382 e. The van der Waals surface area contributed by atoms with Gasteiger partial charge in [0.25, 0.3) is 15.9 Å². The largest absolute Gasteiger partial charge is 0.382 e. The second-order valence-corrected chi connectivity index (χ2v) is 10.4. The molecule has 0 bridgehead atoms. The molecule has 1 aliphatic heterocycles. The molecule has 27 heavy (non-hydrogen) atoms. The number of carbonyl (C=O) groups is 1. The molecule has 1 saturated carbocycles. The fourth-order valence-corrected chi connectivity index (χ4v) is 5.76. The van der Waals surface area contributed by atoms with Gasteiger partial charge in [0.05, 0.1) is 9.80 Å². The molecule has 1 aromatic rings. The molecule has 0 atom stereocenters. The number of rotatable bonds is 4. The summed E-state index contributed by atoms with van der Waals surface area (Å²) in [6.07, 6.45) is 6.70. The van der Waals surface area contributed by atoms with Gasteiger partial charge in [0.15, 0.2) is 5.17 Å². The van der Waals surface area contributed by atoms with Crippen LogP contribution < -0.4 is 0 Å². The molecule has 146 valence electrons. The van der Waals surface area contributed by atoms with Crippen molar-refractivity contribution in [2.75, 3.05) is 14.1 Å². The number of nitrogens with zero attached hydrogens (tertiary/aromatic N) is 3. The third-order valence-electron chi connectivity index (χ3n) is 4.46. The first kappa shape index (κ1) is 20.4. The molecule has 3 rings (SSSR count). The molecule has 6 nitrogen and oxygen atoms in total. The third kappa shape index (κ3) is 4.75. The van der Waals surface area contributed by atoms with Gasteiger partial charge in [-0.05, 0) is 48.9 Å². The highest BCUT2D eigenvalue weighted by Gasteiger charge is 2.40. The van der Waals surface area contributed by atoms with Crippen molar-refractivity contribution in [3.05, 3.63) is 39.8 Å². The lowest BCUT2D eigenvalue weighted by Gasteiger charge is -2.30. The highest BCUT2D eigenvalue weighted by molar-refractivity contribution is 9.10. The first-order valence-electron chi connectivity index (χ1n) is 8.78. The summed E-state index contributed by atoms with van der Waals surface area (Å²) in [6, 6.07) is 6.34. The SMILES string of the molecule is CN(C)/C=C1/S/C(=N\S(=O)(=O)c2ccc(Br)cc2)N(C2CCCCC2)C1=O. The Labute approximate surface area is 172 Å². The lowest BCUT2D eigenvalue weighted by atomic mass is 9.94. The summed E-state index contributed by atoms with van der Waals surface area (Å²) in [7, 11) is -0.230. The van der Waals surface area contributed by atoms with E-state index in [0.29, 0.717) is 4.91 Å². The van der Waals surface area contributed by atoms with Crippen LogP contribution in [0.2, 0.25) is 0 Å². The summed E-state index contributed by atoms with van der Waals surface area (Å²) in [6.45, 7) is 0. The second kappa shape index (κ2) is 8.36. The Morgan fingerprint density at radius 2 is 1.81 bits per heavy atom. The Bertz CT molecular complexity index is 874. The zero-order chi connectivity index (χ0) is 19.6. The van der Waals surface area contributed by atoms with Crippen molar-refractivity contribution in [1.82, 2.24) is 9.80 Å². The molecule has 2 aliphatic rings. The van der Waals surface area contributed by atoms with Gasteiger partial charge >= 0.3 is 0 Å². The molecular weight excluding hydrogens is 450 g/mol. The number of amidine groups is 1. The van der Waals surface area contributed by atoms with Crippen molar-refractivity contribution in [3.63, 3.8) is 0 Å². The smallest absolute Gasteiger partial charge is 0.284 e. The summed E-state index contributed by atoms with van der Waals surface area (Å²) in [5.74, 6) is -0.162. The fourth-order valence-electron chi connectivity index (χ4n) is 3.20. The number of hydrogen-bond acceptors (Lipinski definition) is 5. The lowest BCUT2D eigenvalue weighted by molar-refractivity contribution is -0.124. The maximum atomic E-state index is 12.9. The van der Waals surface area contributed by atoms with Crippen LogP contribution in [-0.4, -0.2) is 49.4 Å².